The number of fused-ring (bicyclic) bond motifs is 1. The Morgan fingerprint density at radius 2 is 2.04 bits per heavy atom. The normalized spacial score (nSPS) is 25.4. The number of non-ortho nitro benzene ring substituents is 1. The summed E-state index contributed by atoms with van der Waals surface area (Å²) in [6.07, 6.45) is 4.51. The predicted octanol–water partition coefficient (Wildman–Crippen LogP) is 3.19. The van der Waals surface area contributed by atoms with Crippen LogP contribution in [0, 0.1) is 16.0 Å². The first-order valence-electron chi connectivity index (χ1n) is 8.28. The van der Waals surface area contributed by atoms with Crippen LogP contribution in [0.25, 0.3) is 0 Å². The maximum atomic E-state index is 13.1. The van der Waals surface area contributed by atoms with Crippen LogP contribution in [-0.2, 0) is 9.53 Å². The van der Waals surface area contributed by atoms with E-state index in [2.05, 4.69) is 0 Å². The van der Waals surface area contributed by atoms with E-state index in [0.717, 1.165) is 31.7 Å². The lowest BCUT2D eigenvalue weighted by molar-refractivity contribution is -0.384. The standard InChI is InChI=1S/C17H19ClN2O5/c1-25-17(22)15-8-10-4-2-3-5-14(10)19(15)16(21)12-7-6-11(20(23)24)9-13(12)18/h6-7,9-10,14-15H,2-5,8H2,1H3/t10-,14-,15+/m1/s1. The minimum atomic E-state index is -0.628. The summed E-state index contributed by atoms with van der Waals surface area (Å²) >= 11 is 6.11. The number of methoxy groups -OCH3 is 1. The molecule has 1 amide bonds. The number of nitrogens with zero attached hydrogens (tertiary/aromatic N) is 2. The number of amides is 1. The molecule has 134 valence electrons. The van der Waals surface area contributed by atoms with Crippen molar-refractivity contribution in [3.8, 4) is 0 Å². The number of hydrogen-bond acceptors (Lipinski definition) is 5. The summed E-state index contributed by atoms with van der Waals surface area (Å²) in [6.45, 7) is 0. The van der Waals surface area contributed by atoms with Gasteiger partial charge in [0.2, 0.25) is 0 Å². The van der Waals surface area contributed by atoms with E-state index < -0.39 is 16.9 Å². The van der Waals surface area contributed by atoms with Crippen LogP contribution in [0.15, 0.2) is 18.2 Å². The minimum absolute atomic E-state index is 0.0158. The Labute approximate surface area is 150 Å². The maximum Gasteiger partial charge on any atom is 0.328 e. The fourth-order valence-electron chi connectivity index (χ4n) is 4.03. The third-order valence-electron chi connectivity index (χ3n) is 5.19. The van der Waals surface area contributed by atoms with Crippen molar-refractivity contribution >= 4 is 29.2 Å². The average molecular weight is 367 g/mol. The van der Waals surface area contributed by atoms with Crippen molar-refractivity contribution in [3.63, 3.8) is 0 Å². The van der Waals surface area contributed by atoms with Gasteiger partial charge in [-0.15, -0.1) is 0 Å². The molecule has 1 heterocycles. The minimum Gasteiger partial charge on any atom is -0.467 e. The van der Waals surface area contributed by atoms with Crippen LogP contribution >= 0.6 is 11.6 Å². The van der Waals surface area contributed by atoms with Crippen LogP contribution in [0.5, 0.6) is 0 Å². The zero-order chi connectivity index (χ0) is 18.1. The first kappa shape index (κ1) is 17.7. The van der Waals surface area contributed by atoms with Crippen molar-refractivity contribution in [2.24, 2.45) is 5.92 Å². The van der Waals surface area contributed by atoms with Crippen molar-refractivity contribution in [1.29, 1.82) is 0 Å². The number of rotatable bonds is 3. The molecule has 0 N–H and O–H groups in total. The first-order valence-corrected chi connectivity index (χ1v) is 8.66. The highest BCUT2D eigenvalue weighted by Crippen LogP contribution is 2.41. The highest BCUT2D eigenvalue weighted by Gasteiger charge is 2.48. The molecule has 0 unspecified atom stereocenters. The van der Waals surface area contributed by atoms with Gasteiger partial charge in [-0.05, 0) is 31.2 Å². The Morgan fingerprint density at radius 3 is 2.68 bits per heavy atom. The maximum absolute atomic E-state index is 13.1. The lowest BCUT2D eigenvalue weighted by Gasteiger charge is -2.33. The molecule has 3 atom stereocenters. The summed E-state index contributed by atoms with van der Waals surface area (Å²) in [5.41, 5.74) is -0.00424. The number of esters is 1. The lowest BCUT2D eigenvalue weighted by Crippen LogP contribution is -2.46. The molecule has 3 rings (SSSR count). The average Bonchev–Trinajstić information content (AvgIpc) is 2.99. The second-order valence-electron chi connectivity index (χ2n) is 6.52. The highest BCUT2D eigenvalue weighted by atomic mass is 35.5. The van der Waals surface area contributed by atoms with Gasteiger partial charge in [0.25, 0.3) is 11.6 Å². The molecule has 8 heteroatoms. The van der Waals surface area contributed by atoms with E-state index >= 15 is 0 Å². The Kier molecular flexibility index (Phi) is 4.94. The van der Waals surface area contributed by atoms with E-state index in [4.69, 9.17) is 16.3 Å². The second-order valence-corrected chi connectivity index (χ2v) is 6.93. The van der Waals surface area contributed by atoms with Gasteiger partial charge in [-0.2, -0.15) is 0 Å². The van der Waals surface area contributed by atoms with Gasteiger partial charge in [-0.3, -0.25) is 14.9 Å². The number of carbonyl (C=O) groups excluding carboxylic acids is 2. The topological polar surface area (TPSA) is 89.8 Å². The molecule has 25 heavy (non-hydrogen) atoms. The van der Waals surface area contributed by atoms with E-state index in [1.807, 2.05) is 0 Å². The highest BCUT2D eigenvalue weighted by molar-refractivity contribution is 6.34. The smallest absolute Gasteiger partial charge is 0.328 e. The van der Waals surface area contributed by atoms with Crippen LogP contribution in [0.2, 0.25) is 5.02 Å². The molecule has 2 aliphatic rings. The van der Waals surface area contributed by atoms with Crippen LogP contribution in [-0.4, -0.2) is 40.9 Å². The van der Waals surface area contributed by atoms with Crippen molar-refractivity contribution < 1.29 is 19.2 Å². The predicted molar refractivity (Wildman–Crippen MR) is 90.4 cm³/mol. The van der Waals surface area contributed by atoms with Gasteiger partial charge < -0.3 is 9.64 Å². The Morgan fingerprint density at radius 1 is 1.32 bits per heavy atom. The molecule has 0 spiro atoms. The Hall–Kier alpha value is -2.15. The summed E-state index contributed by atoms with van der Waals surface area (Å²) < 4.78 is 4.88. The third-order valence-corrected chi connectivity index (χ3v) is 5.50. The largest absolute Gasteiger partial charge is 0.467 e. The summed E-state index contributed by atoms with van der Waals surface area (Å²) in [4.78, 5) is 37.2. The molecule has 1 aliphatic heterocycles. The Bertz CT molecular complexity index is 723. The SMILES string of the molecule is COC(=O)[C@@H]1C[C@H]2CCCC[C@H]2N1C(=O)c1ccc([N+](=O)[O-])cc1Cl. The number of nitro benzene ring substituents is 1. The van der Waals surface area contributed by atoms with E-state index in [1.54, 1.807) is 4.90 Å². The van der Waals surface area contributed by atoms with E-state index in [0.29, 0.717) is 6.42 Å². The fraction of sp³-hybridized carbons (Fsp3) is 0.529. The van der Waals surface area contributed by atoms with Gasteiger partial charge >= 0.3 is 5.97 Å². The van der Waals surface area contributed by atoms with Crippen molar-refractivity contribution in [2.75, 3.05) is 7.11 Å². The number of ether oxygens (including phenoxy) is 1. The molecule has 0 bridgehead atoms. The summed E-state index contributed by atoms with van der Waals surface area (Å²) in [5.74, 6) is -0.524. The van der Waals surface area contributed by atoms with Gasteiger partial charge in [0, 0.05) is 18.2 Å². The van der Waals surface area contributed by atoms with Gasteiger partial charge in [-0.25, -0.2) is 4.79 Å². The zero-order valence-corrected chi connectivity index (χ0v) is 14.6. The van der Waals surface area contributed by atoms with Crippen LogP contribution in [0.3, 0.4) is 0 Å². The summed E-state index contributed by atoms with van der Waals surface area (Å²) in [7, 11) is 1.31. The number of hydrogen-bond donors (Lipinski definition) is 0. The van der Waals surface area contributed by atoms with Crippen molar-refractivity contribution in [1.82, 2.24) is 4.90 Å². The summed E-state index contributed by atoms with van der Waals surface area (Å²) in [5, 5.41) is 10.9. The quantitative estimate of drug-likeness (QED) is 0.465. The number of benzene rings is 1. The van der Waals surface area contributed by atoms with Gasteiger partial charge in [0.15, 0.2) is 0 Å². The second kappa shape index (κ2) is 7.00. The monoisotopic (exact) mass is 366 g/mol. The van der Waals surface area contributed by atoms with E-state index in [1.165, 1.54) is 19.2 Å². The van der Waals surface area contributed by atoms with Gasteiger partial charge in [-0.1, -0.05) is 24.4 Å². The van der Waals surface area contributed by atoms with E-state index in [-0.39, 0.29) is 34.1 Å². The van der Waals surface area contributed by atoms with Gasteiger partial charge in [0.1, 0.15) is 6.04 Å². The zero-order valence-electron chi connectivity index (χ0n) is 13.8. The molecular formula is C17H19ClN2O5. The molecule has 1 aliphatic carbocycles. The molecule has 0 aromatic heterocycles. The number of halogens is 1. The molecule has 2 fully saturated rings. The molecule has 0 radical (unpaired) electrons. The third kappa shape index (κ3) is 3.20. The van der Waals surface area contributed by atoms with Gasteiger partial charge in [0.05, 0.1) is 22.6 Å². The van der Waals surface area contributed by atoms with Crippen molar-refractivity contribution in [3.05, 3.63) is 38.9 Å². The van der Waals surface area contributed by atoms with Crippen molar-refractivity contribution in [2.45, 2.75) is 44.2 Å². The Balaban J connectivity index is 1.95. The molecule has 1 aromatic carbocycles. The lowest BCUT2D eigenvalue weighted by atomic mass is 9.84. The number of likely N-dealkylation sites (tertiary alicyclic amines) is 1. The van der Waals surface area contributed by atoms with Crippen LogP contribution in [0.1, 0.15) is 42.5 Å². The molecule has 1 saturated heterocycles. The van der Waals surface area contributed by atoms with Crippen LogP contribution < -0.4 is 0 Å². The molecular weight excluding hydrogens is 348 g/mol. The molecule has 1 aromatic rings. The summed E-state index contributed by atoms with van der Waals surface area (Å²) in [6, 6.07) is 3.12. The molecule has 1 saturated carbocycles. The molecule has 7 nitrogen and oxygen atoms in total. The number of carbonyl (C=O) groups is 2. The first-order chi connectivity index (χ1) is 11.9. The van der Waals surface area contributed by atoms with Crippen LogP contribution in [0.4, 0.5) is 5.69 Å². The fourth-order valence-corrected chi connectivity index (χ4v) is 4.28. The van der Waals surface area contributed by atoms with E-state index in [9.17, 15) is 19.7 Å². The number of nitro groups is 1.